The molecule has 0 saturated heterocycles. The van der Waals surface area contributed by atoms with Crippen LogP contribution in [0.4, 0.5) is 4.39 Å². The molecule has 7 nitrogen and oxygen atoms in total. The molecule has 0 saturated carbocycles. The molecule has 5 rings (SSSR count). The minimum atomic E-state index is -1.27. The van der Waals surface area contributed by atoms with Crippen molar-refractivity contribution in [2.24, 2.45) is 10.7 Å². The summed E-state index contributed by atoms with van der Waals surface area (Å²) in [6, 6.07) is 17.2. The summed E-state index contributed by atoms with van der Waals surface area (Å²) in [6.45, 7) is 1.91. The summed E-state index contributed by atoms with van der Waals surface area (Å²) in [5, 5.41) is 9.26. The summed E-state index contributed by atoms with van der Waals surface area (Å²) < 4.78 is 19.8. The van der Waals surface area contributed by atoms with Gasteiger partial charge >= 0.3 is 0 Å². The van der Waals surface area contributed by atoms with Crippen LogP contribution in [0.2, 0.25) is 0 Å². The number of halogens is 1. The topological polar surface area (TPSA) is 105 Å². The molecule has 0 fully saturated rings. The van der Waals surface area contributed by atoms with E-state index >= 15 is 0 Å². The lowest BCUT2D eigenvalue weighted by molar-refractivity contribution is -0.133. The van der Waals surface area contributed by atoms with Crippen molar-refractivity contribution >= 4 is 11.9 Å². The number of amides is 1. The van der Waals surface area contributed by atoms with Crippen LogP contribution in [0.25, 0.3) is 11.3 Å². The van der Waals surface area contributed by atoms with Gasteiger partial charge in [-0.1, -0.05) is 24.3 Å². The largest absolute Gasteiger partial charge is 0.485 e. The van der Waals surface area contributed by atoms with E-state index in [0.717, 1.165) is 11.1 Å². The van der Waals surface area contributed by atoms with Gasteiger partial charge in [0.05, 0.1) is 23.5 Å². The fourth-order valence-electron chi connectivity index (χ4n) is 4.81. The number of carbonyl (C=O) groups is 1. The Morgan fingerprint density at radius 3 is 2.68 bits per heavy atom. The molecule has 0 radical (unpaired) electrons. The van der Waals surface area contributed by atoms with Gasteiger partial charge in [-0.2, -0.15) is 5.26 Å². The van der Waals surface area contributed by atoms with E-state index in [-0.39, 0.29) is 24.1 Å². The van der Waals surface area contributed by atoms with E-state index in [1.54, 1.807) is 49.6 Å². The Balaban J connectivity index is 1.63. The van der Waals surface area contributed by atoms with Gasteiger partial charge in [-0.05, 0) is 42.8 Å². The summed E-state index contributed by atoms with van der Waals surface area (Å²) in [6.07, 6.45) is 2.27. The van der Waals surface area contributed by atoms with Crippen molar-refractivity contribution in [1.29, 1.82) is 5.26 Å². The van der Waals surface area contributed by atoms with E-state index in [1.165, 1.54) is 17.0 Å². The van der Waals surface area contributed by atoms with Gasteiger partial charge in [0.25, 0.3) is 5.91 Å². The number of nitrogens with two attached hydrogens (primary N) is 1. The van der Waals surface area contributed by atoms with Gasteiger partial charge in [0.1, 0.15) is 17.2 Å². The van der Waals surface area contributed by atoms with Gasteiger partial charge in [0.2, 0.25) is 0 Å². The highest BCUT2D eigenvalue weighted by Gasteiger charge is 2.56. The van der Waals surface area contributed by atoms with E-state index in [0.29, 0.717) is 29.0 Å². The van der Waals surface area contributed by atoms with Crippen LogP contribution in [0.1, 0.15) is 30.0 Å². The second-order valence-corrected chi connectivity index (χ2v) is 8.98. The minimum Gasteiger partial charge on any atom is -0.485 e. The third kappa shape index (κ3) is 3.46. The van der Waals surface area contributed by atoms with Crippen molar-refractivity contribution in [2.75, 3.05) is 7.05 Å². The lowest BCUT2D eigenvalue weighted by Gasteiger charge is -2.43. The van der Waals surface area contributed by atoms with Gasteiger partial charge in [0.15, 0.2) is 11.5 Å². The van der Waals surface area contributed by atoms with Crippen molar-refractivity contribution < 1.29 is 13.9 Å². The number of carbonyl (C=O) groups excluding carboxylic acids is 1. The minimum absolute atomic E-state index is 0.131. The molecule has 8 heteroatoms. The van der Waals surface area contributed by atoms with E-state index < -0.39 is 11.1 Å². The van der Waals surface area contributed by atoms with Gasteiger partial charge in [-0.15, -0.1) is 0 Å². The quantitative estimate of drug-likeness (QED) is 0.651. The van der Waals surface area contributed by atoms with Crippen molar-refractivity contribution in [2.45, 2.75) is 30.9 Å². The first-order valence-electron chi connectivity index (χ1n) is 10.8. The zero-order valence-corrected chi connectivity index (χ0v) is 18.7. The molecule has 2 aliphatic rings. The molecule has 2 aromatic carbocycles. The van der Waals surface area contributed by atoms with Gasteiger partial charge < -0.3 is 10.5 Å². The standard InChI is InChI=1S/C26H22FN5O2/c1-25(12-16-6-8-19(27)9-7-16)15-26(23(33)32(2)24(29)31-26)20-11-21(30-14-22(20)34-25)18-5-3-4-17(10-18)13-28/h3-11,14H,12,15H2,1-2H3,(H2,29,31)/t25-,26-/m1/s1. The van der Waals surface area contributed by atoms with E-state index in [2.05, 4.69) is 16.0 Å². The molecule has 2 N–H and O–H groups in total. The van der Waals surface area contributed by atoms with Gasteiger partial charge in [-0.25, -0.2) is 9.38 Å². The molecule has 3 aromatic rings. The highest BCUT2D eigenvalue weighted by atomic mass is 19.1. The molecule has 3 heterocycles. The average molecular weight is 455 g/mol. The predicted octanol–water partition coefficient (Wildman–Crippen LogP) is 3.53. The Morgan fingerprint density at radius 2 is 2.00 bits per heavy atom. The van der Waals surface area contributed by atoms with Crippen LogP contribution in [-0.2, 0) is 16.8 Å². The predicted molar refractivity (Wildman–Crippen MR) is 124 cm³/mol. The maximum atomic E-state index is 13.6. The molecule has 1 spiro atoms. The molecule has 170 valence electrons. The van der Waals surface area contributed by atoms with Crippen LogP contribution >= 0.6 is 0 Å². The number of guanidine groups is 1. The number of aliphatic imine (C=N–C) groups is 1. The third-order valence-corrected chi connectivity index (χ3v) is 6.39. The zero-order chi connectivity index (χ0) is 24.1. The highest BCUT2D eigenvalue weighted by molar-refractivity contribution is 6.07. The first-order valence-corrected chi connectivity index (χ1v) is 10.8. The maximum absolute atomic E-state index is 13.6. The number of likely N-dealkylation sites (N-methyl/N-ethyl adjacent to an activating group) is 1. The average Bonchev–Trinajstić information content (AvgIpc) is 3.04. The fourth-order valence-corrected chi connectivity index (χ4v) is 4.81. The molecule has 0 aliphatic carbocycles. The smallest absolute Gasteiger partial charge is 0.261 e. The van der Waals surface area contributed by atoms with Crippen LogP contribution in [0.3, 0.4) is 0 Å². The molecule has 2 atom stereocenters. The van der Waals surface area contributed by atoms with E-state index in [9.17, 15) is 14.4 Å². The van der Waals surface area contributed by atoms with Crippen molar-refractivity contribution in [3.05, 3.63) is 83.3 Å². The van der Waals surface area contributed by atoms with Crippen molar-refractivity contribution in [3.8, 4) is 23.1 Å². The summed E-state index contributed by atoms with van der Waals surface area (Å²) in [7, 11) is 1.60. The first-order chi connectivity index (χ1) is 16.2. The Bertz CT molecular complexity index is 1380. The number of hydrogen-bond acceptors (Lipinski definition) is 6. The van der Waals surface area contributed by atoms with Crippen LogP contribution in [-0.4, -0.2) is 34.4 Å². The lowest BCUT2D eigenvalue weighted by Crippen LogP contribution is -2.51. The van der Waals surface area contributed by atoms with Gasteiger partial charge in [0, 0.05) is 31.0 Å². The molecule has 1 aromatic heterocycles. The summed E-state index contributed by atoms with van der Waals surface area (Å²) >= 11 is 0. The summed E-state index contributed by atoms with van der Waals surface area (Å²) in [4.78, 5) is 24.1. The molecular weight excluding hydrogens is 433 g/mol. The number of rotatable bonds is 3. The number of nitriles is 1. The summed E-state index contributed by atoms with van der Waals surface area (Å²) in [5.74, 6) is 0.00771. The third-order valence-electron chi connectivity index (χ3n) is 6.39. The molecule has 34 heavy (non-hydrogen) atoms. The molecule has 2 aliphatic heterocycles. The number of fused-ring (bicyclic) bond motifs is 2. The Kier molecular flexibility index (Phi) is 4.87. The lowest BCUT2D eigenvalue weighted by atomic mass is 9.75. The molecule has 1 amide bonds. The van der Waals surface area contributed by atoms with Crippen molar-refractivity contribution in [1.82, 2.24) is 9.88 Å². The number of hydrogen-bond donors (Lipinski definition) is 1. The Labute approximate surface area is 196 Å². The highest BCUT2D eigenvalue weighted by Crippen LogP contribution is 2.50. The normalized spacial score (nSPS) is 23.3. The van der Waals surface area contributed by atoms with Crippen LogP contribution in [0, 0.1) is 17.1 Å². The monoisotopic (exact) mass is 455 g/mol. The second kappa shape index (κ2) is 7.66. The second-order valence-electron chi connectivity index (χ2n) is 8.98. The number of nitrogens with zero attached hydrogens (tertiary/aromatic N) is 4. The molecule has 0 unspecified atom stereocenters. The van der Waals surface area contributed by atoms with Crippen molar-refractivity contribution in [3.63, 3.8) is 0 Å². The van der Waals surface area contributed by atoms with Gasteiger partial charge in [-0.3, -0.25) is 14.7 Å². The van der Waals surface area contributed by atoms with E-state index in [4.69, 9.17) is 10.5 Å². The number of benzene rings is 2. The maximum Gasteiger partial charge on any atom is 0.261 e. The fraction of sp³-hybridized carbons (Fsp3) is 0.231. The van der Waals surface area contributed by atoms with Crippen LogP contribution < -0.4 is 10.5 Å². The Morgan fingerprint density at radius 1 is 1.24 bits per heavy atom. The number of pyridine rings is 1. The molecule has 0 bridgehead atoms. The molecular formula is C26H22FN5O2. The first kappa shape index (κ1) is 21.6. The zero-order valence-electron chi connectivity index (χ0n) is 18.7. The van der Waals surface area contributed by atoms with Crippen LogP contribution in [0.15, 0.2) is 65.8 Å². The SMILES string of the molecule is CN1C(=O)[C@]2(C[C@@](C)(Cc3ccc(F)cc3)Oc3cnc(-c4cccc(C#N)c4)cc32)N=C1N. The number of ether oxygens (including phenoxy) is 1. The van der Waals surface area contributed by atoms with E-state index in [1.807, 2.05) is 13.0 Å². The van der Waals surface area contributed by atoms with Crippen LogP contribution in [0.5, 0.6) is 5.75 Å². The Hall–Kier alpha value is -4.25. The number of aromatic nitrogens is 1. The summed E-state index contributed by atoms with van der Waals surface area (Å²) in [5.41, 5.74) is 7.30.